The topological polar surface area (TPSA) is 130 Å². The molecule has 150 valence electrons. The Labute approximate surface area is 170 Å². The van der Waals surface area contributed by atoms with Gasteiger partial charge < -0.3 is 0 Å². The maximum absolute atomic E-state index is 13.2. The molecule has 0 saturated heterocycles. The van der Waals surface area contributed by atoms with Crippen molar-refractivity contribution in [3.63, 3.8) is 0 Å². The van der Waals surface area contributed by atoms with Crippen LogP contribution in [0.3, 0.4) is 0 Å². The highest BCUT2D eigenvalue weighted by atomic mass is 35.5. The Bertz CT molecular complexity index is 998. The minimum atomic E-state index is -4.32. The molecule has 0 aliphatic heterocycles. The average Bonchev–Trinajstić information content (AvgIpc) is 2.66. The molecule has 2 aromatic carbocycles. The van der Waals surface area contributed by atoms with E-state index in [2.05, 4.69) is 0 Å². The van der Waals surface area contributed by atoms with Gasteiger partial charge in [0.05, 0.1) is 9.95 Å². The molecule has 0 bridgehead atoms. The van der Waals surface area contributed by atoms with Gasteiger partial charge in [0, 0.05) is 23.7 Å². The van der Waals surface area contributed by atoms with Crippen molar-refractivity contribution in [3.05, 3.63) is 68.2 Å². The van der Waals surface area contributed by atoms with Crippen LogP contribution in [0.5, 0.6) is 0 Å². The second-order valence-electron chi connectivity index (χ2n) is 5.70. The third kappa shape index (κ3) is 4.78. The number of nitro groups is 1. The molecule has 0 radical (unpaired) electrons. The highest BCUT2D eigenvalue weighted by Gasteiger charge is 2.34. The number of halogens is 2. The first-order valence-corrected chi connectivity index (χ1v) is 9.91. The van der Waals surface area contributed by atoms with E-state index in [1.165, 1.54) is 48.8 Å². The van der Waals surface area contributed by atoms with Crippen LogP contribution >= 0.6 is 23.2 Å². The first-order valence-electron chi connectivity index (χ1n) is 7.72. The molecule has 0 aromatic heterocycles. The standard InChI is InChI=1S/C16H15Cl2N3O6S/c1-10(16(22)19-23)20(9-11-2-5-13(6-3-11)21(24)25)28(26,27)15-8-12(17)4-7-14(15)18/h2-8,10,23H,9H2,1H3,(H,19,22)/t10-/m0/s1. The zero-order chi connectivity index (χ0) is 21.1. The Kier molecular flexibility index (Phi) is 6.96. The predicted octanol–water partition coefficient (Wildman–Crippen LogP) is 2.99. The highest BCUT2D eigenvalue weighted by Crippen LogP contribution is 2.30. The van der Waals surface area contributed by atoms with E-state index >= 15 is 0 Å². The van der Waals surface area contributed by atoms with Gasteiger partial charge in [-0.1, -0.05) is 35.3 Å². The van der Waals surface area contributed by atoms with Crippen molar-refractivity contribution in [1.82, 2.24) is 9.79 Å². The van der Waals surface area contributed by atoms with Crippen LogP contribution in [0.2, 0.25) is 10.0 Å². The molecular weight excluding hydrogens is 433 g/mol. The van der Waals surface area contributed by atoms with Gasteiger partial charge in [0.15, 0.2) is 0 Å². The number of non-ortho nitro benzene ring substituents is 1. The summed E-state index contributed by atoms with van der Waals surface area (Å²) in [5, 5.41) is 19.7. The molecule has 0 fully saturated rings. The van der Waals surface area contributed by atoms with Crippen LogP contribution in [-0.4, -0.2) is 34.8 Å². The van der Waals surface area contributed by atoms with Crippen molar-refractivity contribution in [2.24, 2.45) is 0 Å². The Balaban J connectivity index is 2.51. The molecule has 28 heavy (non-hydrogen) atoms. The number of nitrogens with zero attached hydrogens (tertiary/aromatic N) is 2. The molecule has 2 N–H and O–H groups in total. The van der Waals surface area contributed by atoms with Crippen LogP contribution in [0.4, 0.5) is 5.69 Å². The number of carbonyl (C=O) groups is 1. The molecule has 2 rings (SSSR count). The summed E-state index contributed by atoms with van der Waals surface area (Å²) in [7, 11) is -4.32. The molecule has 12 heteroatoms. The maximum atomic E-state index is 13.2. The van der Waals surface area contributed by atoms with Crippen LogP contribution in [0.1, 0.15) is 12.5 Å². The van der Waals surface area contributed by atoms with Crippen LogP contribution < -0.4 is 5.48 Å². The van der Waals surface area contributed by atoms with E-state index in [9.17, 15) is 23.3 Å². The minimum absolute atomic E-state index is 0.102. The fraction of sp³-hybridized carbons (Fsp3) is 0.188. The second-order valence-corrected chi connectivity index (χ2v) is 8.40. The molecule has 1 amide bonds. The van der Waals surface area contributed by atoms with E-state index in [1.54, 1.807) is 0 Å². The Hall–Kier alpha value is -2.24. The number of sulfonamides is 1. The van der Waals surface area contributed by atoms with E-state index in [0.717, 1.165) is 10.4 Å². The van der Waals surface area contributed by atoms with Crippen molar-refractivity contribution in [3.8, 4) is 0 Å². The summed E-state index contributed by atoms with van der Waals surface area (Å²) in [6, 6.07) is 7.69. The van der Waals surface area contributed by atoms with E-state index in [-0.39, 0.29) is 27.2 Å². The zero-order valence-electron chi connectivity index (χ0n) is 14.4. The van der Waals surface area contributed by atoms with Gasteiger partial charge >= 0.3 is 0 Å². The van der Waals surface area contributed by atoms with Gasteiger partial charge in [0.25, 0.3) is 11.6 Å². The molecule has 9 nitrogen and oxygen atoms in total. The van der Waals surface area contributed by atoms with E-state index < -0.39 is 26.9 Å². The Morgan fingerprint density at radius 3 is 2.39 bits per heavy atom. The van der Waals surface area contributed by atoms with Crippen molar-refractivity contribution in [2.75, 3.05) is 0 Å². The van der Waals surface area contributed by atoms with Crippen molar-refractivity contribution in [1.29, 1.82) is 0 Å². The molecule has 0 aliphatic carbocycles. The third-order valence-electron chi connectivity index (χ3n) is 3.89. The lowest BCUT2D eigenvalue weighted by atomic mass is 10.2. The Morgan fingerprint density at radius 2 is 1.86 bits per heavy atom. The van der Waals surface area contributed by atoms with E-state index in [1.807, 2.05) is 0 Å². The first-order chi connectivity index (χ1) is 13.1. The lowest BCUT2D eigenvalue weighted by Gasteiger charge is -2.27. The number of benzene rings is 2. The summed E-state index contributed by atoms with van der Waals surface area (Å²) >= 11 is 11.9. The van der Waals surface area contributed by atoms with Gasteiger partial charge in [-0.3, -0.25) is 20.1 Å². The van der Waals surface area contributed by atoms with Gasteiger partial charge in [-0.2, -0.15) is 4.31 Å². The summed E-state index contributed by atoms with van der Waals surface area (Å²) in [6.07, 6.45) is 0. The number of hydrogen-bond donors (Lipinski definition) is 2. The lowest BCUT2D eigenvalue weighted by molar-refractivity contribution is -0.384. The number of carbonyl (C=O) groups excluding carboxylic acids is 1. The zero-order valence-corrected chi connectivity index (χ0v) is 16.7. The first kappa shape index (κ1) is 22.1. The number of nitro benzene ring substituents is 1. The predicted molar refractivity (Wildman–Crippen MR) is 102 cm³/mol. The monoisotopic (exact) mass is 447 g/mol. The molecule has 0 saturated carbocycles. The van der Waals surface area contributed by atoms with Crippen molar-refractivity contribution < 1.29 is 23.3 Å². The quantitative estimate of drug-likeness (QED) is 0.381. The minimum Gasteiger partial charge on any atom is -0.289 e. The van der Waals surface area contributed by atoms with Gasteiger partial charge in [-0.05, 0) is 30.7 Å². The van der Waals surface area contributed by atoms with Crippen LogP contribution in [0.25, 0.3) is 0 Å². The smallest absolute Gasteiger partial charge is 0.269 e. The van der Waals surface area contributed by atoms with E-state index in [0.29, 0.717) is 5.56 Å². The van der Waals surface area contributed by atoms with Gasteiger partial charge in [-0.15, -0.1) is 0 Å². The lowest BCUT2D eigenvalue weighted by Crippen LogP contribution is -2.46. The number of hydroxylamine groups is 1. The number of hydrogen-bond acceptors (Lipinski definition) is 6. The van der Waals surface area contributed by atoms with Crippen LogP contribution in [0.15, 0.2) is 47.4 Å². The summed E-state index contributed by atoms with van der Waals surface area (Å²) in [5.41, 5.74) is 1.62. The summed E-state index contributed by atoms with van der Waals surface area (Å²) in [5.74, 6) is -0.969. The molecule has 1 atom stereocenters. The summed E-state index contributed by atoms with van der Waals surface area (Å²) in [6.45, 7) is 0.963. The fourth-order valence-corrected chi connectivity index (χ4v) is 4.68. The van der Waals surface area contributed by atoms with Gasteiger partial charge in [0.1, 0.15) is 10.9 Å². The van der Waals surface area contributed by atoms with Crippen LogP contribution in [0, 0.1) is 10.1 Å². The maximum Gasteiger partial charge on any atom is 0.269 e. The SMILES string of the molecule is C[C@@H](C(=O)NO)N(Cc1ccc([N+](=O)[O-])cc1)S(=O)(=O)c1cc(Cl)ccc1Cl. The number of nitrogens with one attached hydrogen (secondary N) is 1. The molecule has 0 heterocycles. The largest absolute Gasteiger partial charge is 0.289 e. The normalized spacial score (nSPS) is 12.6. The van der Waals surface area contributed by atoms with Crippen LogP contribution in [-0.2, 0) is 21.4 Å². The second kappa shape index (κ2) is 8.84. The number of amides is 1. The molecule has 0 spiro atoms. The van der Waals surface area contributed by atoms with Crippen molar-refractivity contribution in [2.45, 2.75) is 24.4 Å². The molecule has 2 aromatic rings. The highest BCUT2D eigenvalue weighted by molar-refractivity contribution is 7.89. The average molecular weight is 448 g/mol. The van der Waals surface area contributed by atoms with Crippen molar-refractivity contribution >= 4 is 44.8 Å². The Morgan fingerprint density at radius 1 is 1.25 bits per heavy atom. The molecule has 0 unspecified atom stereocenters. The van der Waals surface area contributed by atoms with E-state index in [4.69, 9.17) is 28.4 Å². The summed E-state index contributed by atoms with van der Waals surface area (Å²) < 4.78 is 27.1. The van der Waals surface area contributed by atoms with Gasteiger partial charge in [0.2, 0.25) is 10.0 Å². The summed E-state index contributed by atoms with van der Waals surface area (Å²) in [4.78, 5) is 21.8. The third-order valence-corrected chi connectivity index (χ3v) is 6.52. The molecule has 0 aliphatic rings. The van der Waals surface area contributed by atoms with Gasteiger partial charge in [-0.25, -0.2) is 13.9 Å². The fourth-order valence-electron chi connectivity index (χ4n) is 2.36. The number of rotatable bonds is 7. The molecular formula is C16H15Cl2N3O6S.